The SMILES string of the molecule is CC1=Cc2c(Br)c3c(cc2=[C-]1)N(C)C(C)C=3C.Cl.Cl.[C-]1=CC=CC1.[CH3-].[CH3-].[SiH2]=[Zr]. The summed E-state index contributed by atoms with van der Waals surface area (Å²) in [6.07, 6.45) is 15.6. The molecule has 1 aromatic carbocycles. The summed E-state index contributed by atoms with van der Waals surface area (Å²) in [5.74, 6) is 0. The summed E-state index contributed by atoms with van der Waals surface area (Å²) in [6, 6.07) is 2.74. The zero-order valence-corrected chi connectivity index (χ0v) is 24.6. The summed E-state index contributed by atoms with van der Waals surface area (Å²) in [5, 5.41) is 2.58. The van der Waals surface area contributed by atoms with Gasteiger partial charge in [0.15, 0.2) is 0 Å². The first kappa shape index (κ1) is 32.8. The Morgan fingerprint density at radius 3 is 2.29 bits per heavy atom. The number of halogens is 3. The minimum atomic E-state index is 0. The number of anilines is 1. The van der Waals surface area contributed by atoms with E-state index in [0.717, 1.165) is 6.42 Å². The third-order valence-electron chi connectivity index (χ3n) is 4.54. The van der Waals surface area contributed by atoms with E-state index in [-0.39, 0.29) is 39.7 Å². The zero-order chi connectivity index (χ0) is 17.9. The number of allylic oxidation sites excluding steroid dienone is 5. The van der Waals surface area contributed by atoms with Crippen molar-refractivity contribution in [1.29, 1.82) is 0 Å². The van der Waals surface area contributed by atoms with Crippen molar-refractivity contribution in [2.24, 2.45) is 0 Å². The van der Waals surface area contributed by atoms with E-state index >= 15 is 0 Å². The van der Waals surface area contributed by atoms with Gasteiger partial charge in [0.2, 0.25) is 0 Å². The molecule has 0 spiro atoms. The van der Waals surface area contributed by atoms with Gasteiger partial charge in [0, 0.05) is 18.8 Å². The van der Waals surface area contributed by atoms with Crippen LogP contribution in [0.3, 0.4) is 0 Å². The van der Waals surface area contributed by atoms with Gasteiger partial charge < -0.3 is 19.8 Å². The van der Waals surface area contributed by atoms with Crippen molar-refractivity contribution in [3.05, 3.63) is 71.3 Å². The molecule has 28 heavy (non-hydrogen) atoms. The van der Waals surface area contributed by atoms with Gasteiger partial charge in [0.05, 0.1) is 0 Å². The summed E-state index contributed by atoms with van der Waals surface area (Å²) in [5.41, 5.74) is 5.24. The van der Waals surface area contributed by atoms with E-state index in [9.17, 15) is 0 Å². The van der Waals surface area contributed by atoms with Crippen LogP contribution in [0.15, 0.2) is 34.3 Å². The maximum absolute atomic E-state index is 3.77. The Morgan fingerprint density at radius 2 is 1.82 bits per heavy atom. The van der Waals surface area contributed by atoms with Crippen LogP contribution in [0.2, 0.25) is 0 Å². The Balaban J connectivity index is -0.000000496. The van der Waals surface area contributed by atoms with Crippen LogP contribution in [0.1, 0.15) is 32.8 Å². The Bertz CT molecular complexity index is 852. The first-order valence-corrected chi connectivity index (χ1v) is 14.7. The molecule has 2 aliphatic carbocycles. The van der Waals surface area contributed by atoms with Crippen molar-refractivity contribution in [2.45, 2.75) is 33.2 Å². The fraction of sp³-hybridized carbons (Fsp3) is 0.273. The molecule has 3 aliphatic rings. The summed E-state index contributed by atoms with van der Waals surface area (Å²) < 4.78 is 1.23. The van der Waals surface area contributed by atoms with Gasteiger partial charge in [-0.3, -0.25) is 6.08 Å². The van der Waals surface area contributed by atoms with Gasteiger partial charge in [-0.05, 0) is 29.1 Å². The van der Waals surface area contributed by atoms with Crippen LogP contribution in [-0.2, 0) is 23.3 Å². The van der Waals surface area contributed by atoms with Crippen LogP contribution in [0.4, 0.5) is 5.69 Å². The van der Waals surface area contributed by atoms with Crippen LogP contribution in [0, 0.1) is 20.9 Å². The van der Waals surface area contributed by atoms with E-state index in [2.05, 4.69) is 79.0 Å². The first-order valence-electron chi connectivity index (χ1n) is 7.96. The summed E-state index contributed by atoms with van der Waals surface area (Å²) >= 11 is 5.35. The average Bonchev–Trinajstić information content (AvgIpc) is 3.30. The predicted molar refractivity (Wildman–Crippen MR) is 135 cm³/mol. The van der Waals surface area contributed by atoms with Crippen molar-refractivity contribution in [3.63, 3.8) is 0 Å². The Morgan fingerprint density at radius 1 is 1.21 bits per heavy atom. The van der Waals surface area contributed by atoms with Gasteiger partial charge in [-0.25, -0.2) is 12.2 Å². The van der Waals surface area contributed by atoms with Crippen LogP contribution in [-0.4, -0.2) is 20.0 Å². The zero-order valence-electron chi connectivity index (χ0n) is 17.5. The molecule has 1 heterocycles. The number of benzene rings is 1. The minimum absolute atomic E-state index is 0. The fourth-order valence-corrected chi connectivity index (χ4v) is 3.91. The normalized spacial score (nSPS) is 16.1. The summed E-state index contributed by atoms with van der Waals surface area (Å²) in [7, 11) is 2.16. The standard InChI is InChI=1S/C15H15BrN.C5H5.2CH3.2ClH.H2Si.Zr/c1-8-5-11-7-13-14(15(16)12(11)6-8)9(2)10(3)17(13)4;1-2-4-5-3-1;;;;;;/h6-7,10H,1-4H3;1-3H,4H2;2*1H3;2*1H;1H2;/q4*-1;;;;. The van der Waals surface area contributed by atoms with Gasteiger partial charge >= 0.3 is 30.2 Å². The molecule has 6 heteroatoms. The van der Waals surface area contributed by atoms with Crippen molar-refractivity contribution < 1.29 is 23.3 Å². The second-order valence-electron chi connectivity index (χ2n) is 5.97. The van der Waals surface area contributed by atoms with Crippen LogP contribution in [0.25, 0.3) is 17.7 Å². The average molecular weight is 579 g/mol. The Kier molecular flexibility index (Phi) is 17.6. The van der Waals surface area contributed by atoms with Gasteiger partial charge in [0.1, 0.15) is 0 Å². The van der Waals surface area contributed by atoms with E-state index in [1.807, 2.05) is 19.0 Å². The van der Waals surface area contributed by atoms with E-state index < -0.39 is 0 Å². The van der Waals surface area contributed by atoms with E-state index in [4.69, 9.17) is 0 Å². The first-order chi connectivity index (χ1) is 11.5. The Labute approximate surface area is 209 Å². The molecule has 1 nitrogen and oxygen atoms in total. The topological polar surface area (TPSA) is 3.24 Å². The molecule has 1 aliphatic heterocycles. The third kappa shape index (κ3) is 6.84. The van der Waals surface area contributed by atoms with Crippen molar-refractivity contribution in [3.8, 4) is 0 Å². The second-order valence-corrected chi connectivity index (χ2v) is 6.76. The summed E-state index contributed by atoms with van der Waals surface area (Å²) in [6.45, 7) is 8.53. The Hall–Kier alpha value is 0.140. The molecule has 1 aromatic rings. The second kappa shape index (κ2) is 15.0. The molecule has 0 radical (unpaired) electrons. The number of fused-ring (bicyclic) bond motifs is 2. The number of hydrogen-bond acceptors (Lipinski definition) is 1. The molecule has 0 N–H and O–H groups in total. The quantitative estimate of drug-likeness (QED) is 0.320. The summed E-state index contributed by atoms with van der Waals surface area (Å²) in [4.78, 5) is 2.34. The van der Waals surface area contributed by atoms with Crippen LogP contribution in [0.5, 0.6) is 0 Å². The number of hydrogen-bond donors (Lipinski definition) is 0. The molecular formula is C22H30BrCl2NSiZr-4. The molecule has 4 rings (SSSR count). The van der Waals surface area contributed by atoms with Gasteiger partial charge in [-0.15, -0.1) is 59.7 Å². The maximum atomic E-state index is 3.77. The molecule has 0 aromatic heterocycles. The van der Waals surface area contributed by atoms with E-state index in [1.165, 1.54) is 37.3 Å². The molecule has 1 unspecified atom stereocenters. The van der Waals surface area contributed by atoms with Crippen molar-refractivity contribution in [1.82, 2.24) is 0 Å². The fourth-order valence-electron chi connectivity index (χ4n) is 3.06. The molecule has 1 atom stereocenters. The van der Waals surface area contributed by atoms with Crippen molar-refractivity contribution in [2.75, 3.05) is 11.9 Å². The molecule has 0 saturated carbocycles. The van der Waals surface area contributed by atoms with Crippen LogP contribution < -0.4 is 15.3 Å². The molecule has 0 saturated heterocycles. The molecule has 156 valence electrons. The monoisotopic (exact) mass is 575 g/mol. The van der Waals surface area contributed by atoms with Gasteiger partial charge in [0.25, 0.3) is 0 Å². The molecule has 0 bridgehead atoms. The van der Waals surface area contributed by atoms with Gasteiger partial charge in [-0.1, -0.05) is 22.9 Å². The molecule has 0 amide bonds. The molecular weight excluding hydrogens is 548 g/mol. The van der Waals surface area contributed by atoms with Gasteiger partial charge in [-0.2, -0.15) is 12.2 Å². The molecule has 0 fully saturated rings. The third-order valence-corrected chi connectivity index (χ3v) is 5.37. The number of rotatable bonds is 0. The van der Waals surface area contributed by atoms with Crippen molar-refractivity contribution >= 4 is 71.0 Å². The van der Waals surface area contributed by atoms with Crippen LogP contribution >= 0.6 is 40.7 Å². The number of nitrogens with zero attached hydrogens (tertiary/aromatic N) is 1. The predicted octanol–water partition coefficient (Wildman–Crippen LogP) is 4.66. The van der Waals surface area contributed by atoms with E-state index in [0.29, 0.717) is 6.04 Å². The van der Waals surface area contributed by atoms with E-state index in [1.54, 1.807) is 23.3 Å².